The summed E-state index contributed by atoms with van der Waals surface area (Å²) < 4.78 is 23.0. The number of aryl methyl sites for hydroxylation is 1. The van der Waals surface area contributed by atoms with E-state index in [-0.39, 0.29) is 16.2 Å². The quantitative estimate of drug-likeness (QED) is 0.853. The van der Waals surface area contributed by atoms with Crippen LogP contribution in [0.5, 0.6) is 5.75 Å². The maximum atomic E-state index is 12.1. The average molecular weight is 305 g/mol. The lowest BCUT2D eigenvalue weighted by molar-refractivity contribution is 0.102. The van der Waals surface area contributed by atoms with Gasteiger partial charge in [0.1, 0.15) is 5.75 Å². The fourth-order valence-corrected chi connectivity index (χ4v) is 2.47. The van der Waals surface area contributed by atoms with Gasteiger partial charge in [0.2, 0.25) is 0 Å². The maximum absolute atomic E-state index is 12.1. The predicted molar refractivity (Wildman–Crippen MR) is 80.3 cm³/mol. The highest BCUT2D eigenvalue weighted by Gasteiger charge is 2.12. The minimum absolute atomic E-state index is 0.0945. The number of aromatic hydroxyl groups is 1. The number of carbonyl (C=O) groups is 1. The van der Waals surface area contributed by atoms with Gasteiger partial charge in [-0.3, -0.25) is 4.79 Å². The molecule has 21 heavy (non-hydrogen) atoms. The zero-order valence-electron chi connectivity index (χ0n) is 11.6. The summed E-state index contributed by atoms with van der Waals surface area (Å²) >= 11 is 0. The Morgan fingerprint density at radius 3 is 2.48 bits per heavy atom. The summed E-state index contributed by atoms with van der Waals surface area (Å²) in [5, 5.41) is 12.1. The number of anilines is 1. The monoisotopic (exact) mass is 305 g/mol. The second-order valence-corrected chi connectivity index (χ2v) is 6.77. The molecule has 0 saturated carbocycles. The Hall–Kier alpha value is -2.34. The third-order valence-electron chi connectivity index (χ3n) is 2.98. The van der Waals surface area contributed by atoms with Crippen LogP contribution in [0.2, 0.25) is 0 Å². The molecule has 0 spiro atoms. The molecule has 0 heterocycles. The number of hydrogen-bond acceptors (Lipinski definition) is 4. The van der Waals surface area contributed by atoms with Crippen LogP contribution < -0.4 is 5.32 Å². The summed E-state index contributed by atoms with van der Waals surface area (Å²) in [5.74, 6) is -0.266. The van der Waals surface area contributed by atoms with E-state index in [0.717, 1.165) is 6.26 Å². The van der Waals surface area contributed by atoms with E-state index in [2.05, 4.69) is 5.32 Å². The number of benzene rings is 2. The SMILES string of the molecule is Cc1cc(NC(=O)c2cccc(S(C)(=O)=O)c2)ccc1O. The van der Waals surface area contributed by atoms with Gasteiger partial charge in [0.15, 0.2) is 9.84 Å². The average Bonchev–Trinajstić information content (AvgIpc) is 2.42. The molecule has 0 aliphatic heterocycles. The van der Waals surface area contributed by atoms with E-state index in [1.165, 1.54) is 30.3 Å². The molecule has 0 saturated heterocycles. The van der Waals surface area contributed by atoms with E-state index >= 15 is 0 Å². The van der Waals surface area contributed by atoms with Crippen molar-refractivity contribution >= 4 is 21.4 Å². The minimum atomic E-state index is -3.36. The summed E-state index contributed by atoms with van der Waals surface area (Å²) in [7, 11) is -3.36. The van der Waals surface area contributed by atoms with Gasteiger partial charge in [-0.15, -0.1) is 0 Å². The molecular formula is C15H15NO4S. The zero-order chi connectivity index (χ0) is 15.6. The molecule has 0 aliphatic rings. The van der Waals surface area contributed by atoms with Crippen molar-refractivity contribution in [3.05, 3.63) is 53.6 Å². The van der Waals surface area contributed by atoms with Gasteiger partial charge in [0, 0.05) is 17.5 Å². The number of carbonyl (C=O) groups excluding carboxylic acids is 1. The van der Waals surface area contributed by atoms with E-state index in [9.17, 15) is 18.3 Å². The van der Waals surface area contributed by atoms with Gasteiger partial charge in [-0.1, -0.05) is 6.07 Å². The second kappa shape index (κ2) is 5.57. The molecule has 0 aromatic heterocycles. The van der Waals surface area contributed by atoms with Crippen LogP contribution in [0.4, 0.5) is 5.69 Å². The number of rotatable bonds is 3. The molecule has 5 nitrogen and oxygen atoms in total. The molecule has 0 radical (unpaired) electrons. The minimum Gasteiger partial charge on any atom is -0.508 e. The first kappa shape index (κ1) is 15.1. The van der Waals surface area contributed by atoms with Gasteiger partial charge in [-0.2, -0.15) is 0 Å². The number of phenolic OH excluding ortho intramolecular Hbond substituents is 1. The molecular weight excluding hydrogens is 290 g/mol. The second-order valence-electron chi connectivity index (χ2n) is 4.76. The fraction of sp³-hybridized carbons (Fsp3) is 0.133. The highest BCUT2D eigenvalue weighted by molar-refractivity contribution is 7.90. The summed E-state index contributed by atoms with van der Waals surface area (Å²) in [5.41, 5.74) is 1.42. The van der Waals surface area contributed by atoms with E-state index in [1.807, 2.05) is 0 Å². The number of sulfone groups is 1. The third-order valence-corrected chi connectivity index (χ3v) is 4.09. The lowest BCUT2D eigenvalue weighted by Gasteiger charge is -2.08. The van der Waals surface area contributed by atoms with Gasteiger partial charge in [0.05, 0.1) is 4.90 Å². The molecule has 2 aromatic rings. The summed E-state index contributed by atoms with van der Waals surface area (Å²) in [6.07, 6.45) is 1.09. The molecule has 0 bridgehead atoms. The van der Waals surface area contributed by atoms with Crippen molar-refractivity contribution in [3.8, 4) is 5.75 Å². The molecule has 0 fully saturated rings. The predicted octanol–water partition coefficient (Wildman–Crippen LogP) is 2.36. The zero-order valence-corrected chi connectivity index (χ0v) is 12.4. The Labute approximate surface area is 123 Å². The van der Waals surface area contributed by atoms with Crippen molar-refractivity contribution in [3.63, 3.8) is 0 Å². The molecule has 6 heteroatoms. The topological polar surface area (TPSA) is 83.5 Å². The highest BCUT2D eigenvalue weighted by atomic mass is 32.2. The summed E-state index contributed by atoms with van der Waals surface area (Å²) in [6, 6.07) is 10.5. The normalized spacial score (nSPS) is 11.1. The molecule has 2 aromatic carbocycles. The van der Waals surface area contributed by atoms with Crippen molar-refractivity contribution in [1.29, 1.82) is 0 Å². The number of hydrogen-bond donors (Lipinski definition) is 2. The summed E-state index contributed by atoms with van der Waals surface area (Å²) in [4.78, 5) is 12.2. The van der Waals surface area contributed by atoms with Crippen LogP contribution in [0.25, 0.3) is 0 Å². The molecule has 1 amide bonds. The number of amides is 1. The van der Waals surface area contributed by atoms with Crippen LogP contribution in [0.15, 0.2) is 47.4 Å². The van der Waals surface area contributed by atoms with Gasteiger partial charge in [-0.05, 0) is 48.9 Å². The highest BCUT2D eigenvalue weighted by Crippen LogP contribution is 2.21. The van der Waals surface area contributed by atoms with E-state index in [4.69, 9.17) is 0 Å². The first-order valence-electron chi connectivity index (χ1n) is 6.18. The largest absolute Gasteiger partial charge is 0.508 e. The molecule has 0 atom stereocenters. The van der Waals surface area contributed by atoms with Crippen LogP contribution in [-0.4, -0.2) is 25.7 Å². The lowest BCUT2D eigenvalue weighted by Crippen LogP contribution is -2.12. The van der Waals surface area contributed by atoms with Crippen molar-refractivity contribution in [1.82, 2.24) is 0 Å². The summed E-state index contributed by atoms with van der Waals surface area (Å²) in [6.45, 7) is 1.72. The Morgan fingerprint density at radius 1 is 1.14 bits per heavy atom. The van der Waals surface area contributed by atoms with Crippen LogP contribution >= 0.6 is 0 Å². The molecule has 2 rings (SSSR count). The standard InChI is InChI=1S/C15H15NO4S/c1-10-8-12(6-7-14(10)17)16-15(18)11-4-3-5-13(9-11)21(2,19)20/h3-9,17H,1-2H3,(H,16,18). The number of nitrogens with one attached hydrogen (secondary N) is 1. The smallest absolute Gasteiger partial charge is 0.255 e. The molecule has 110 valence electrons. The Kier molecular flexibility index (Phi) is 3.99. The molecule has 0 aliphatic carbocycles. The van der Waals surface area contributed by atoms with Crippen molar-refractivity contribution in [2.24, 2.45) is 0 Å². The van der Waals surface area contributed by atoms with Gasteiger partial charge >= 0.3 is 0 Å². The van der Waals surface area contributed by atoms with Crippen molar-refractivity contribution in [2.45, 2.75) is 11.8 Å². The van der Waals surface area contributed by atoms with Crippen molar-refractivity contribution in [2.75, 3.05) is 11.6 Å². The first-order chi connectivity index (χ1) is 9.77. The molecule has 0 unspecified atom stereocenters. The van der Waals surface area contributed by atoms with Crippen LogP contribution in [0, 0.1) is 6.92 Å². The van der Waals surface area contributed by atoms with Gasteiger partial charge in [-0.25, -0.2) is 8.42 Å². The fourth-order valence-electron chi connectivity index (χ4n) is 1.80. The van der Waals surface area contributed by atoms with E-state index in [0.29, 0.717) is 11.3 Å². The first-order valence-corrected chi connectivity index (χ1v) is 8.07. The van der Waals surface area contributed by atoms with E-state index in [1.54, 1.807) is 19.1 Å². The van der Waals surface area contributed by atoms with E-state index < -0.39 is 15.7 Å². The third kappa shape index (κ3) is 3.61. The Bertz CT molecular complexity index is 797. The Morgan fingerprint density at radius 2 is 1.86 bits per heavy atom. The maximum Gasteiger partial charge on any atom is 0.255 e. The van der Waals surface area contributed by atoms with Gasteiger partial charge < -0.3 is 10.4 Å². The van der Waals surface area contributed by atoms with Gasteiger partial charge in [0.25, 0.3) is 5.91 Å². The van der Waals surface area contributed by atoms with Crippen LogP contribution in [-0.2, 0) is 9.84 Å². The Balaban J connectivity index is 2.26. The van der Waals surface area contributed by atoms with Crippen LogP contribution in [0.3, 0.4) is 0 Å². The molecule has 2 N–H and O–H groups in total. The lowest BCUT2D eigenvalue weighted by atomic mass is 10.1. The number of phenols is 1. The van der Waals surface area contributed by atoms with Crippen molar-refractivity contribution < 1.29 is 18.3 Å². The van der Waals surface area contributed by atoms with Crippen LogP contribution in [0.1, 0.15) is 15.9 Å².